The molecule has 0 saturated carbocycles. The lowest BCUT2D eigenvalue weighted by Crippen LogP contribution is -2.58. The topological polar surface area (TPSA) is 189 Å². The zero-order valence-electron chi connectivity index (χ0n) is 27.8. The number of primary amides is 1. The molecule has 268 valence electrons. The second-order valence-corrected chi connectivity index (χ2v) is 12.3. The summed E-state index contributed by atoms with van der Waals surface area (Å²) in [6, 6.07) is 1.12. The Kier molecular flexibility index (Phi) is 15.8. The van der Waals surface area contributed by atoms with Crippen LogP contribution in [0.1, 0.15) is 78.2 Å². The zero-order chi connectivity index (χ0) is 36.0. The molecule has 1 unspecified atom stereocenters. The summed E-state index contributed by atoms with van der Waals surface area (Å²) in [5.41, 5.74) is 6.13. The van der Waals surface area contributed by atoms with Crippen molar-refractivity contribution in [3.8, 4) is 0 Å². The monoisotopic (exact) mass is 684 g/mol. The van der Waals surface area contributed by atoms with E-state index in [2.05, 4.69) is 21.3 Å². The number of nitrogens with two attached hydrogens (primary N) is 1. The molecule has 1 fully saturated rings. The van der Waals surface area contributed by atoms with Crippen molar-refractivity contribution < 1.29 is 46.7 Å². The van der Waals surface area contributed by atoms with Crippen molar-refractivity contribution in [1.29, 1.82) is 0 Å². The van der Waals surface area contributed by atoms with Crippen LogP contribution in [0, 0.1) is 11.8 Å². The van der Waals surface area contributed by atoms with Gasteiger partial charge >= 0.3 is 18.2 Å². The Morgan fingerprint density at radius 3 is 2.21 bits per heavy atom. The summed E-state index contributed by atoms with van der Waals surface area (Å²) in [6.07, 6.45) is -3.79. The molecular formula is C32H47F3N6O7. The summed E-state index contributed by atoms with van der Waals surface area (Å²) in [5, 5.41) is 10.1. The van der Waals surface area contributed by atoms with E-state index in [-0.39, 0.29) is 69.5 Å². The van der Waals surface area contributed by atoms with Gasteiger partial charge in [0.1, 0.15) is 18.7 Å². The minimum absolute atomic E-state index is 0.0384. The molecule has 1 heterocycles. The molecule has 0 bridgehead atoms. The molecule has 6 N–H and O–H groups in total. The number of carbonyl (C=O) groups is 6. The standard InChI is InChI=1S/C32H47F3N6O7/c1-19(2)27(40-25(32(33,34)35)10-6-5-7-16-41-26(43)17-20(3)30(41)46)29(45)39-24(9-8-15-37-31(36)47)28(44)38-23-13-11-22(12-14-23)18-48-21(4)42/h11-14,19-20,24-25,27,40H,5-10,15-18H2,1-4H3,(H,38,44)(H,39,45)(H3,36,37,47)/t20?,24-,25+,27-/m0/s1. The molecule has 1 aliphatic rings. The van der Waals surface area contributed by atoms with Crippen LogP contribution in [0.5, 0.6) is 0 Å². The number of urea groups is 1. The van der Waals surface area contributed by atoms with E-state index in [0.29, 0.717) is 24.1 Å². The molecule has 13 nitrogen and oxygen atoms in total. The maximum absolute atomic E-state index is 14.1. The number of halogens is 3. The summed E-state index contributed by atoms with van der Waals surface area (Å²) in [5.74, 6) is -3.42. The molecule has 16 heteroatoms. The van der Waals surface area contributed by atoms with E-state index in [1.165, 1.54) is 6.92 Å². The number of nitrogens with zero attached hydrogens (tertiary/aromatic N) is 1. The number of hydrogen-bond donors (Lipinski definition) is 5. The minimum atomic E-state index is -4.68. The van der Waals surface area contributed by atoms with E-state index in [9.17, 15) is 41.9 Å². The first-order valence-electron chi connectivity index (χ1n) is 16.0. The van der Waals surface area contributed by atoms with Gasteiger partial charge in [0.25, 0.3) is 0 Å². The van der Waals surface area contributed by atoms with Crippen LogP contribution >= 0.6 is 0 Å². The third-order valence-corrected chi connectivity index (χ3v) is 7.83. The average molecular weight is 685 g/mol. The van der Waals surface area contributed by atoms with Crippen molar-refractivity contribution in [3.05, 3.63) is 29.8 Å². The van der Waals surface area contributed by atoms with Crippen LogP contribution in [-0.4, -0.2) is 77.9 Å². The van der Waals surface area contributed by atoms with E-state index in [1.54, 1.807) is 45.0 Å². The van der Waals surface area contributed by atoms with E-state index in [4.69, 9.17) is 10.5 Å². The number of benzene rings is 1. The highest BCUT2D eigenvalue weighted by Crippen LogP contribution is 2.26. The number of rotatable bonds is 19. The highest BCUT2D eigenvalue weighted by molar-refractivity contribution is 6.03. The summed E-state index contributed by atoms with van der Waals surface area (Å²) >= 11 is 0. The first-order valence-corrected chi connectivity index (χ1v) is 16.0. The van der Waals surface area contributed by atoms with Gasteiger partial charge in [0.2, 0.25) is 23.6 Å². The van der Waals surface area contributed by atoms with Gasteiger partial charge in [-0.05, 0) is 49.3 Å². The maximum atomic E-state index is 14.1. The van der Waals surface area contributed by atoms with Gasteiger partial charge in [-0.1, -0.05) is 45.7 Å². The van der Waals surface area contributed by atoms with E-state index < -0.39 is 54.0 Å². The fraction of sp³-hybridized carbons (Fsp3) is 0.625. The SMILES string of the molecule is CC(=O)OCc1ccc(NC(=O)[C@H](CCCNC(N)=O)NC(=O)[C@@H](N[C@H](CCCCCN2C(=O)CC(C)C2=O)C(F)(F)F)C(C)C)cc1. The van der Waals surface area contributed by atoms with Gasteiger partial charge in [-0.3, -0.25) is 34.2 Å². The number of nitrogens with one attached hydrogen (secondary N) is 4. The van der Waals surface area contributed by atoms with Crippen LogP contribution in [0.3, 0.4) is 0 Å². The Hall–Kier alpha value is -4.21. The number of hydrogen-bond acceptors (Lipinski definition) is 8. The van der Waals surface area contributed by atoms with Crippen LogP contribution in [0.4, 0.5) is 23.7 Å². The van der Waals surface area contributed by atoms with Gasteiger partial charge in [0.05, 0.1) is 6.04 Å². The number of alkyl halides is 3. The highest BCUT2D eigenvalue weighted by atomic mass is 19.4. The minimum Gasteiger partial charge on any atom is -0.461 e. The Morgan fingerprint density at radius 1 is 1.00 bits per heavy atom. The van der Waals surface area contributed by atoms with Crippen molar-refractivity contribution in [2.45, 2.75) is 104 Å². The first kappa shape index (κ1) is 40.0. The normalized spacial score (nSPS) is 16.8. The quantitative estimate of drug-likeness (QED) is 0.0835. The number of ether oxygens (including phenoxy) is 1. The summed E-state index contributed by atoms with van der Waals surface area (Å²) in [7, 11) is 0. The molecule has 1 aromatic rings. The number of likely N-dealkylation sites (tertiary alicyclic amines) is 1. The third-order valence-electron chi connectivity index (χ3n) is 7.83. The average Bonchev–Trinajstić information content (AvgIpc) is 3.24. The zero-order valence-corrected chi connectivity index (χ0v) is 27.8. The number of unbranched alkanes of at least 4 members (excludes halogenated alkanes) is 2. The first-order chi connectivity index (χ1) is 22.5. The summed E-state index contributed by atoms with van der Waals surface area (Å²) < 4.78 is 47.2. The molecule has 1 aromatic carbocycles. The Balaban J connectivity index is 2.06. The second kappa shape index (κ2) is 19.0. The van der Waals surface area contributed by atoms with Crippen molar-refractivity contribution in [1.82, 2.24) is 20.9 Å². The second-order valence-electron chi connectivity index (χ2n) is 12.3. The van der Waals surface area contributed by atoms with Crippen LogP contribution in [0.25, 0.3) is 0 Å². The van der Waals surface area contributed by atoms with E-state index in [0.717, 1.165) is 4.90 Å². The summed E-state index contributed by atoms with van der Waals surface area (Å²) in [4.78, 5) is 74.0. The molecule has 4 atom stereocenters. The van der Waals surface area contributed by atoms with Gasteiger partial charge < -0.3 is 26.4 Å². The van der Waals surface area contributed by atoms with Crippen LogP contribution in [0.15, 0.2) is 24.3 Å². The van der Waals surface area contributed by atoms with Gasteiger partial charge in [-0.15, -0.1) is 0 Å². The summed E-state index contributed by atoms with van der Waals surface area (Å²) in [6.45, 7) is 6.39. The fourth-order valence-corrected chi connectivity index (χ4v) is 5.15. The van der Waals surface area contributed by atoms with Crippen LogP contribution < -0.4 is 27.0 Å². The Labute approximate surface area is 278 Å². The fourth-order valence-electron chi connectivity index (χ4n) is 5.15. The molecule has 6 amide bonds. The van der Waals surface area contributed by atoms with Gasteiger partial charge in [0, 0.05) is 38.0 Å². The number of anilines is 1. The van der Waals surface area contributed by atoms with Crippen molar-refractivity contribution in [2.24, 2.45) is 17.6 Å². The number of carbonyl (C=O) groups excluding carboxylic acids is 6. The van der Waals surface area contributed by atoms with E-state index >= 15 is 0 Å². The molecule has 0 aliphatic carbocycles. The molecular weight excluding hydrogens is 637 g/mol. The molecule has 2 rings (SSSR count). The lowest BCUT2D eigenvalue weighted by atomic mass is 9.99. The number of imide groups is 1. The predicted octanol–water partition coefficient (Wildman–Crippen LogP) is 3.12. The largest absolute Gasteiger partial charge is 0.461 e. The number of esters is 1. The molecule has 0 aromatic heterocycles. The van der Waals surface area contributed by atoms with Crippen molar-refractivity contribution >= 4 is 41.3 Å². The van der Waals surface area contributed by atoms with Crippen molar-refractivity contribution in [2.75, 3.05) is 18.4 Å². The highest BCUT2D eigenvalue weighted by Gasteiger charge is 2.42. The Bertz CT molecular complexity index is 1280. The molecule has 1 aliphatic heterocycles. The maximum Gasteiger partial charge on any atom is 0.403 e. The third kappa shape index (κ3) is 13.5. The van der Waals surface area contributed by atoms with Crippen molar-refractivity contribution in [3.63, 3.8) is 0 Å². The predicted molar refractivity (Wildman–Crippen MR) is 170 cm³/mol. The number of amides is 6. The van der Waals surface area contributed by atoms with E-state index in [1.807, 2.05) is 0 Å². The molecule has 1 saturated heterocycles. The molecule has 0 spiro atoms. The molecule has 48 heavy (non-hydrogen) atoms. The van der Waals surface area contributed by atoms with Gasteiger partial charge in [0.15, 0.2) is 0 Å². The van der Waals surface area contributed by atoms with Gasteiger partial charge in [-0.2, -0.15) is 13.2 Å². The van der Waals surface area contributed by atoms with Crippen LogP contribution in [-0.2, 0) is 35.3 Å². The smallest absolute Gasteiger partial charge is 0.403 e. The lowest BCUT2D eigenvalue weighted by Gasteiger charge is -2.30. The Morgan fingerprint density at radius 2 is 1.67 bits per heavy atom. The van der Waals surface area contributed by atoms with Crippen LogP contribution in [0.2, 0.25) is 0 Å². The van der Waals surface area contributed by atoms with Gasteiger partial charge in [-0.25, -0.2) is 4.79 Å². The lowest BCUT2D eigenvalue weighted by molar-refractivity contribution is -0.161. The molecule has 0 radical (unpaired) electrons.